The molecule has 0 aliphatic rings. The zero-order valence-corrected chi connectivity index (χ0v) is 20.2. The molecule has 1 unspecified atom stereocenters. The topological polar surface area (TPSA) is 92.3 Å². The lowest BCUT2D eigenvalue weighted by Gasteiger charge is -2.20. The number of ether oxygens (including phenoxy) is 5. The van der Waals surface area contributed by atoms with Crippen molar-refractivity contribution in [1.82, 2.24) is 0 Å². The average Bonchev–Trinajstić information content (AvgIpc) is 2.73. The highest BCUT2D eigenvalue weighted by atomic mass is 79.9. The minimum Gasteiger partial charge on any atom is -0.495 e. The van der Waals surface area contributed by atoms with Gasteiger partial charge in [-0.2, -0.15) is 0 Å². The van der Waals surface area contributed by atoms with Crippen LogP contribution in [0.15, 0.2) is 33.2 Å². The number of carbonyl (C=O) groups excluding carboxylic acids is 2. The first-order chi connectivity index (χ1) is 14.3. The molecule has 30 heavy (non-hydrogen) atoms. The van der Waals surface area contributed by atoms with Gasteiger partial charge in [0.2, 0.25) is 5.75 Å². The molecule has 0 radical (unpaired) electrons. The van der Waals surface area contributed by atoms with Gasteiger partial charge in [-0.15, -0.1) is 0 Å². The summed E-state index contributed by atoms with van der Waals surface area (Å²) >= 11 is 6.68. The van der Waals surface area contributed by atoms with Gasteiger partial charge in [-0.3, -0.25) is 4.79 Å². The number of carbonyl (C=O) groups is 2. The molecule has 1 atom stereocenters. The number of amides is 1. The molecule has 1 amide bonds. The summed E-state index contributed by atoms with van der Waals surface area (Å²) in [6.07, 6.45) is -1.10. The fourth-order valence-electron chi connectivity index (χ4n) is 2.61. The van der Waals surface area contributed by atoms with Gasteiger partial charge in [-0.1, -0.05) is 12.1 Å². The van der Waals surface area contributed by atoms with Crippen LogP contribution in [0, 0.1) is 0 Å². The van der Waals surface area contributed by atoms with E-state index < -0.39 is 18.0 Å². The van der Waals surface area contributed by atoms with Crippen LogP contribution in [0.3, 0.4) is 0 Å². The Bertz CT molecular complexity index is 918. The third-order valence-electron chi connectivity index (χ3n) is 4.08. The zero-order valence-electron chi connectivity index (χ0n) is 17.0. The molecule has 10 heteroatoms. The summed E-state index contributed by atoms with van der Waals surface area (Å²) in [6.45, 7) is 1.46. The summed E-state index contributed by atoms with van der Waals surface area (Å²) < 4.78 is 27.2. The Hall–Kier alpha value is -2.46. The van der Waals surface area contributed by atoms with Crippen LogP contribution in [0.25, 0.3) is 0 Å². The van der Waals surface area contributed by atoms with Gasteiger partial charge in [0, 0.05) is 0 Å². The first-order valence-corrected chi connectivity index (χ1v) is 10.2. The third kappa shape index (κ3) is 4.81. The van der Waals surface area contributed by atoms with Crippen LogP contribution in [0.1, 0.15) is 17.3 Å². The van der Waals surface area contributed by atoms with Gasteiger partial charge >= 0.3 is 5.97 Å². The number of methoxy groups -OCH3 is 4. The second-order valence-electron chi connectivity index (χ2n) is 5.84. The fourth-order valence-corrected chi connectivity index (χ4v) is 4.28. The average molecular weight is 547 g/mol. The van der Waals surface area contributed by atoms with E-state index in [-0.39, 0.29) is 31.8 Å². The lowest BCUT2D eigenvalue weighted by atomic mass is 10.1. The number of esters is 1. The van der Waals surface area contributed by atoms with Crippen molar-refractivity contribution in [2.75, 3.05) is 33.8 Å². The number of para-hydroxylation sites is 2. The van der Waals surface area contributed by atoms with Crippen molar-refractivity contribution < 1.29 is 33.3 Å². The predicted octanol–water partition coefficient (Wildman–Crippen LogP) is 4.43. The molecular formula is C20H21Br2NO7. The molecule has 1 N–H and O–H groups in total. The van der Waals surface area contributed by atoms with E-state index in [0.717, 1.165) is 0 Å². The Labute approximate surface area is 191 Å². The van der Waals surface area contributed by atoms with E-state index in [1.807, 2.05) is 0 Å². The number of anilines is 1. The van der Waals surface area contributed by atoms with Gasteiger partial charge in [0.15, 0.2) is 17.6 Å². The molecule has 0 bridgehead atoms. The summed E-state index contributed by atoms with van der Waals surface area (Å²) in [7, 11) is 5.79. The van der Waals surface area contributed by atoms with Gasteiger partial charge in [0.1, 0.15) is 5.75 Å². The van der Waals surface area contributed by atoms with Crippen molar-refractivity contribution in [2.24, 2.45) is 0 Å². The quantitative estimate of drug-likeness (QED) is 0.489. The lowest BCUT2D eigenvalue weighted by Crippen LogP contribution is -2.30. The number of halogens is 2. The van der Waals surface area contributed by atoms with Gasteiger partial charge in [0.25, 0.3) is 5.91 Å². The number of rotatable bonds is 8. The van der Waals surface area contributed by atoms with Crippen molar-refractivity contribution >= 4 is 49.4 Å². The highest BCUT2D eigenvalue weighted by Gasteiger charge is 2.30. The standard InChI is InChI=1S/C20H21Br2NO7/c1-10(19(24)23-11-8-6-7-9-12(11)26-2)30-20(25)13-14(21)16(27-3)18(29-5)17(28-4)15(13)22/h6-10H,1-5H3,(H,23,24). The summed E-state index contributed by atoms with van der Waals surface area (Å²) in [4.78, 5) is 25.4. The SMILES string of the molecule is COc1ccccc1NC(=O)C(C)OC(=O)c1c(Br)c(OC)c(OC)c(OC)c1Br. The molecule has 2 rings (SSSR count). The van der Waals surface area contributed by atoms with Crippen molar-refractivity contribution in [2.45, 2.75) is 13.0 Å². The molecule has 162 valence electrons. The molecule has 2 aromatic carbocycles. The largest absolute Gasteiger partial charge is 0.495 e. The van der Waals surface area contributed by atoms with E-state index >= 15 is 0 Å². The second kappa shape index (κ2) is 10.5. The summed E-state index contributed by atoms with van der Waals surface area (Å²) in [5.74, 6) is -0.0220. The fraction of sp³-hybridized carbons (Fsp3) is 0.300. The molecule has 2 aromatic rings. The van der Waals surface area contributed by atoms with Crippen LogP contribution in [0.4, 0.5) is 5.69 Å². The first-order valence-electron chi connectivity index (χ1n) is 8.62. The highest BCUT2D eigenvalue weighted by Crippen LogP contribution is 2.50. The molecule has 0 saturated heterocycles. The molecule has 0 aliphatic carbocycles. The molecule has 0 fully saturated rings. The molecule has 8 nitrogen and oxygen atoms in total. The Kier molecular flexibility index (Phi) is 8.36. The molecule has 0 aromatic heterocycles. The van der Waals surface area contributed by atoms with Gasteiger partial charge in [-0.25, -0.2) is 4.79 Å². The first kappa shape index (κ1) is 23.8. The highest BCUT2D eigenvalue weighted by molar-refractivity contribution is 9.11. The van der Waals surface area contributed by atoms with Gasteiger partial charge < -0.3 is 29.0 Å². The smallest absolute Gasteiger partial charge is 0.341 e. The Morgan fingerprint density at radius 3 is 1.90 bits per heavy atom. The Balaban J connectivity index is 2.30. The minimum absolute atomic E-state index is 0.0847. The van der Waals surface area contributed by atoms with E-state index in [1.165, 1.54) is 35.4 Å². The summed E-state index contributed by atoms with van der Waals surface area (Å²) in [6, 6.07) is 6.91. The maximum Gasteiger partial charge on any atom is 0.341 e. The Morgan fingerprint density at radius 1 is 0.867 bits per heavy atom. The van der Waals surface area contributed by atoms with E-state index in [2.05, 4.69) is 37.2 Å². The van der Waals surface area contributed by atoms with Crippen LogP contribution < -0.4 is 24.3 Å². The van der Waals surface area contributed by atoms with Crippen LogP contribution >= 0.6 is 31.9 Å². The number of nitrogens with one attached hydrogen (secondary N) is 1. The molecule has 0 saturated carbocycles. The van der Waals surface area contributed by atoms with E-state index in [4.69, 9.17) is 23.7 Å². The number of benzene rings is 2. The molecule has 0 aliphatic heterocycles. The van der Waals surface area contributed by atoms with Crippen LogP contribution in [0.2, 0.25) is 0 Å². The summed E-state index contributed by atoms with van der Waals surface area (Å²) in [5, 5.41) is 2.68. The summed E-state index contributed by atoms with van der Waals surface area (Å²) in [5.41, 5.74) is 0.546. The maximum absolute atomic E-state index is 12.9. The van der Waals surface area contributed by atoms with Crippen molar-refractivity contribution in [3.05, 3.63) is 38.8 Å². The van der Waals surface area contributed by atoms with E-state index in [1.54, 1.807) is 24.3 Å². The minimum atomic E-state index is -1.10. The van der Waals surface area contributed by atoms with Crippen molar-refractivity contribution in [3.63, 3.8) is 0 Å². The molecule has 0 spiro atoms. The van der Waals surface area contributed by atoms with Crippen molar-refractivity contribution in [1.29, 1.82) is 0 Å². The van der Waals surface area contributed by atoms with Crippen LogP contribution in [-0.4, -0.2) is 46.4 Å². The molecule has 0 heterocycles. The van der Waals surface area contributed by atoms with E-state index in [9.17, 15) is 9.59 Å². The lowest BCUT2D eigenvalue weighted by molar-refractivity contribution is -0.123. The predicted molar refractivity (Wildman–Crippen MR) is 118 cm³/mol. The zero-order chi connectivity index (χ0) is 22.4. The molecular weight excluding hydrogens is 526 g/mol. The van der Waals surface area contributed by atoms with Crippen LogP contribution in [0.5, 0.6) is 23.0 Å². The third-order valence-corrected chi connectivity index (χ3v) is 5.60. The van der Waals surface area contributed by atoms with Gasteiger partial charge in [0.05, 0.1) is 48.6 Å². The monoisotopic (exact) mass is 545 g/mol. The van der Waals surface area contributed by atoms with E-state index in [0.29, 0.717) is 11.4 Å². The maximum atomic E-state index is 12.9. The van der Waals surface area contributed by atoms with Crippen molar-refractivity contribution in [3.8, 4) is 23.0 Å². The van der Waals surface area contributed by atoms with Gasteiger partial charge in [-0.05, 0) is 50.9 Å². The number of hydrogen-bond acceptors (Lipinski definition) is 7. The second-order valence-corrected chi connectivity index (χ2v) is 7.43. The normalized spacial score (nSPS) is 11.3. The number of hydrogen-bond donors (Lipinski definition) is 1. The van der Waals surface area contributed by atoms with Crippen LogP contribution in [-0.2, 0) is 9.53 Å². The Morgan fingerprint density at radius 2 is 1.40 bits per heavy atom.